The summed E-state index contributed by atoms with van der Waals surface area (Å²) in [6, 6.07) is 23.8. The zero-order valence-electron chi connectivity index (χ0n) is 16.1. The molecule has 0 saturated carbocycles. The van der Waals surface area contributed by atoms with Gasteiger partial charge >= 0.3 is 5.97 Å². The number of carboxylic acids is 1. The normalized spacial score (nSPS) is 15.2. The van der Waals surface area contributed by atoms with Gasteiger partial charge in [0.05, 0.1) is 6.04 Å². The number of benzene rings is 3. The zero-order valence-corrected chi connectivity index (χ0v) is 16.1. The molecule has 156 valence electrons. The summed E-state index contributed by atoms with van der Waals surface area (Å²) in [4.78, 5) is 10.2. The van der Waals surface area contributed by atoms with Gasteiger partial charge in [0, 0.05) is 11.6 Å². The Labute approximate surface area is 174 Å². The van der Waals surface area contributed by atoms with E-state index in [0.29, 0.717) is 18.8 Å². The van der Waals surface area contributed by atoms with Crippen LogP contribution in [0, 0.1) is 0 Å². The topological polar surface area (TPSA) is 108 Å². The Bertz CT molecular complexity index is 948. The van der Waals surface area contributed by atoms with Crippen LogP contribution in [-0.4, -0.2) is 28.0 Å². The van der Waals surface area contributed by atoms with E-state index >= 15 is 0 Å². The van der Waals surface area contributed by atoms with Crippen molar-refractivity contribution in [2.45, 2.75) is 18.8 Å². The van der Waals surface area contributed by atoms with E-state index in [2.05, 4.69) is 5.48 Å². The second-order valence-electron chi connectivity index (χ2n) is 6.62. The molecule has 2 atom stereocenters. The summed E-state index contributed by atoms with van der Waals surface area (Å²) in [6.45, 7) is 0.968. The molecule has 0 aliphatic carbocycles. The van der Waals surface area contributed by atoms with Crippen LogP contribution < -0.4 is 15.0 Å². The second kappa shape index (κ2) is 10.4. The maximum Gasteiger partial charge on any atom is 0.337 e. The fraction of sp³-hybridized carbons (Fsp3) is 0.174. The quantitative estimate of drug-likeness (QED) is 0.462. The molecule has 0 unspecified atom stereocenters. The average Bonchev–Trinajstić information content (AvgIpc) is 3.21. The third-order valence-electron chi connectivity index (χ3n) is 4.52. The van der Waals surface area contributed by atoms with Crippen molar-refractivity contribution in [3.05, 3.63) is 95.6 Å². The molecule has 7 heteroatoms. The summed E-state index contributed by atoms with van der Waals surface area (Å²) >= 11 is 0. The van der Waals surface area contributed by atoms with Crippen LogP contribution in [0.15, 0.2) is 78.9 Å². The van der Waals surface area contributed by atoms with E-state index in [9.17, 15) is 4.79 Å². The highest BCUT2D eigenvalue weighted by Gasteiger charge is 2.23. The molecule has 0 saturated heterocycles. The van der Waals surface area contributed by atoms with Crippen LogP contribution in [0.3, 0.4) is 0 Å². The molecule has 0 fully saturated rings. The molecule has 30 heavy (non-hydrogen) atoms. The predicted octanol–water partition coefficient (Wildman–Crippen LogP) is 3.48. The molecule has 3 aromatic carbocycles. The summed E-state index contributed by atoms with van der Waals surface area (Å²) in [5.41, 5.74) is 4.71. The number of aliphatic carboxylic acids is 1. The van der Waals surface area contributed by atoms with E-state index in [4.69, 9.17) is 24.9 Å². The van der Waals surface area contributed by atoms with Crippen molar-refractivity contribution in [1.29, 1.82) is 0 Å². The van der Waals surface area contributed by atoms with Gasteiger partial charge < -0.3 is 24.9 Å². The number of hydrogen-bond donors (Lipinski definition) is 4. The van der Waals surface area contributed by atoms with Gasteiger partial charge in [-0.25, -0.2) is 4.79 Å². The second-order valence-corrected chi connectivity index (χ2v) is 6.62. The number of nitrogens with one attached hydrogen (secondary N) is 1. The molecular formula is C23H23NO6. The highest BCUT2D eigenvalue weighted by molar-refractivity contribution is 5.73. The molecule has 4 rings (SSSR count). The van der Waals surface area contributed by atoms with E-state index in [0.717, 1.165) is 22.6 Å². The number of carboxylic acid groups (broad SMARTS) is 1. The molecule has 1 heterocycles. The monoisotopic (exact) mass is 409 g/mol. The first-order valence-electron chi connectivity index (χ1n) is 9.37. The lowest BCUT2D eigenvalue weighted by Gasteiger charge is -2.08. The summed E-state index contributed by atoms with van der Waals surface area (Å²) in [5.74, 6) is 0.300. The van der Waals surface area contributed by atoms with Crippen molar-refractivity contribution in [1.82, 2.24) is 5.48 Å². The van der Waals surface area contributed by atoms with E-state index in [1.54, 1.807) is 30.3 Å². The largest absolute Gasteiger partial charge is 0.491 e. The molecule has 4 N–H and O–H groups in total. The molecule has 1 aliphatic rings. The van der Waals surface area contributed by atoms with Crippen LogP contribution in [0.1, 0.15) is 28.8 Å². The molecule has 0 aromatic heterocycles. The number of aliphatic hydroxyl groups is 1. The standard InChI is InChI=1S/C15H15NO3.C8H8O3/c17-16-14-10-19-15-8-12(6-7-13(14)15)18-9-11-4-2-1-3-5-11;9-7(8(10)11)6-4-2-1-3-5-6/h1-8,14,16-17H,9-10H2;1-5,7,9H,(H,10,11)/t14-;7-/m10/s1. The van der Waals surface area contributed by atoms with Crippen molar-refractivity contribution in [3.63, 3.8) is 0 Å². The molecule has 3 aromatic rings. The van der Waals surface area contributed by atoms with Crippen molar-refractivity contribution >= 4 is 5.97 Å². The highest BCUT2D eigenvalue weighted by atomic mass is 16.5. The number of ether oxygens (including phenoxy) is 2. The highest BCUT2D eigenvalue weighted by Crippen LogP contribution is 2.35. The van der Waals surface area contributed by atoms with Gasteiger partial charge in [0.1, 0.15) is 24.7 Å². The molecule has 0 amide bonds. The summed E-state index contributed by atoms with van der Waals surface area (Å²) in [5, 5.41) is 26.4. The van der Waals surface area contributed by atoms with Crippen LogP contribution >= 0.6 is 0 Å². The number of hydroxylamine groups is 1. The predicted molar refractivity (Wildman–Crippen MR) is 109 cm³/mol. The van der Waals surface area contributed by atoms with E-state index < -0.39 is 12.1 Å². The summed E-state index contributed by atoms with van der Waals surface area (Å²) in [7, 11) is 0. The SMILES string of the molecule is O=C(O)[C@@H](O)c1ccccc1.ON[C@@H]1COc2cc(OCc3ccccc3)ccc21. The number of rotatable bonds is 6. The molecule has 0 radical (unpaired) electrons. The summed E-state index contributed by atoms with van der Waals surface area (Å²) < 4.78 is 11.2. The van der Waals surface area contributed by atoms with Gasteiger partial charge in [-0.1, -0.05) is 60.7 Å². The lowest BCUT2D eigenvalue weighted by Crippen LogP contribution is -2.17. The van der Waals surface area contributed by atoms with Crippen molar-refractivity contribution in [2.24, 2.45) is 0 Å². The number of aliphatic hydroxyl groups excluding tert-OH is 1. The maximum atomic E-state index is 10.2. The smallest absolute Gasteiger partial charge is 0.337 e. The van der Waals surface area contributed by atoms with E-state index in [-0.39, 0.29) is 6.04 Å². The first kappa shape index (κ1) is 21.3. The minimum atomic E-state index is -1.41. The minimum absolute atomic E-state index is 0.154. The van der Waals surface area contributed by atoms with Gasteiger partial charge in [-0.3, -0.25) is 0 Å². The van der Waals surface area contributed by atoms with Crippen LogP contribution in [0.2, 0.25) is 0 Å². The third kappa shape index (κ3) is 5.57. The van der Waals surface area contributed by atoms with Gasteiger partial charge in [-0.05, 0) is 23.3 Å². The Kier molecular flexibility index (Phi) is 7.40. The van der Waals surface area contributed by atoms with Gasteiger partial charge in [0.15, 0.2) is 6.10 Å². The van der Waals surface area contributed by atoms with E-state index in [1.807, 2.05) is 48.5 Å². The zero-order chi connectivity index (χ0) is 21.3. The fourth-order valence-electron chi connectivity index (χ4n) is 2.91. The van der Waals surface area contributed by atoms with Crippen molar-refractivity contribution in [2.75, 3.05) is 6.61 Å². The van der Waals surface area contributed by atoms with Crippen LogP contribution in [0.4, 0.5) is 0 Å². The van der Waals surface area contributed by atoms with Crippen molar-refractivity contribution in [3.8, 4) is 11.5 Å². The Balaban J connectivity index is 0.000000199. The fourth-order valence-corrected chi connectivity index (χ4v) is 2.91. The molecular weight excluding hydrogens is 386 g/mol. The number of carbonyl (C=O) groups is 1. The first-order valence-corrected chi connectivity index (χ1v) is 9.37. The van der Waals surface area contributed by atoms with Crippen LogP contribution in [0.25, 0.3) is 0 Å². The molecule has 0 bridgehead atoms. The van der Waals surface area contributed by atoms with Gasteiger partial charge in [-0.15, -0.1) is 0 Å². The Morgan fingerprint density at radius 3 is 2.37 bits per heavy atom. The van der Waals surface area contributed by atoms with Gasteiger partial charge in [0.2, 0.25) is 0 Å². The van der Waals surface area contributed by atoms with Gasteiger partial charge in [-0.2, -0.15) is 5.48 Å². The van der Waals surface area contributed by atoms with Crippen LogP contribution in [0.5, 0.6) is 11.5 Å². The van der Waals surface area contributed by atoms with Gasteiger partial charge in [0.25, 0.3) is 0 Å². The maximum absolute atomic E-state index is 10.2. The third-order valence-corrected chi connectivity index (χ3v) is 4.52. The Morgan fingerprint density at radius 2 is 1.73 bits per heavy atom. The molecule has 1 aliphatic heterocycles. The first-order chi connectivity index (χ1) is 14.6. The Morgan fingerprint density at radius 1 is 1.07 bits per heavy atom. The average molecular weight is 409 g/mol. The minimum Gasteiger partial charge on any atom is -0.491 e. The number of fused-ring (bicyclic) bond motifs is 1. The lowest BCUT2D eigenvalue weighted by molar-refractivity contribution is -0.146. The Hall–Kier alpha value is -3.39. The van der Waals surface area contributed by atoms with Crippen molar-refractivity contribution < 1.29 is 29.7 Å². The van der Waals surface area contributed by atoms with E-state index in [1.165, 1.54) is 0 Å². The molecule has 0 spiro atoms. The molecule has 7 nitrogen and oxygen atoms in total. The van der Waals surface area contributed by atoms with Crippen LogP contribution in [-0.2, 0) is 11.4 Å². The lowest BCUT2D eigenvalue weighted by atomic mass is 10.1. The summed E-state index contributed by atoms with van der Waals surface area (Å²) in [6.07, 6.45) is -1.41. The number of hydrogen-bond acceptors (Lipinski definition) is 6.